The van der Waals surface area contributed by atoms with Gasteiger partial charge in [-0.2, -0.15) is 0 Å². The van der Waals surface area contributed by atoms with E-state index >= 15 is 0 Å². The number of amides is 1. The van der Waals surface area contributed by atoms with Crippen molar-refractivity contribution in [3.8, 4) is 0 Å². The van der Waals surface area contributed by atoms with E-state index in [0.717, 1.165) is 38.6 Å². The van der Waals surface area contributed by atoms with E-state index in [1.165, 1.54) is 6.42 Å². The Morgan fingerprint density at radius 3 is 2.53 bits per heavy atom. The summed E-state index contributed by atoms with van der Waals surface area (Å²) in [6, 6.07) is 0.177. The summed E-state index contributed by atoms with van der Waals surface area (Å²) in [4.78, 5) is 16.9. The van der Waals surface area contributed by atoms with Crippen LogP contribution in [0.3, 0.4) is 0 Å². The van der Waals surface area contributed by atoms with Gasteiger partial charge in [0.1, 0.15) is 0 Å². The number of nitrogens with zero attached hydrogens (tertiary/aromatic N) is 2. The summed E-state index contributed by atoms with van der Waals surface area (Å²) < 4.78 is 0. The molecule has 1 N–H and O–H groups in total. The number of aliphatic hydroxyl groups excluding tert-OH is 1. The Labute approximate surface area is 116 Å². The Morgan fingerprint density at radius 2 is 1.95 bits per heavy atom. The van der Waals surface area contributed by atoms with E-state index < -0.39 is 0 Å². The van der Waals surface area contributed by atoms with Crippen molar-refractivity contribution in [2.75, 3.05) is 27.2 Å². The van der Waals surface area contributed by atoms with Gasteiger partial charge in [0.15, 0.2) is 0 Å². The fourth-order valence-corrected chi connectivity index (χ4v) is 3.63. The van der Waals surface area contributed by atoms with Crippen molar-refractivity contribution in [3.63, 3.8) is 0 Å². The zero-order valence-electron chi connectivity index (χ0n) is 12.6. The van der Waals surface area contributed by atoms with Crippen LogP contribution >= 0.6 is 0 Å². The highest BCUT2D eigenvalue weighted by atomic mass is 16.3. The van der Waals surface area contributed by atoms with E-state index in [2.05, 4.69) is 11.8 Å². The minimum Gasteiger partial charge on any atom is -0.391 e. The molecule has 110 valence electrons. The van der Waals surface area contributed by atoms with E-state index in [9.17, 15) is 9.90 Å². The SMILES string of the molecule is CN(C)CC1CC(O)CN1C(=O)C1(C)CCCCC1. The number of aliphatic hydroxyl groups is 1. The monoisotopic (exact) mass is 268 g/mol. The number of hydrogen-bond donors (Lipinski definition) is 1. The van der Waals surface area contributed by atoms with Gasteiger partial charge >= 0.3 is 0 Å². The second kappa shape index (κ2) is 5.80. The first kappa shape index (κ1) is 14.8. The Hall–Kier alpha value is -0.610. The minimum absolute atomic E-state index is 0.177. The highest BCUT2D eigenvalue weighted by molar-refractivity contribution is 5.83. The molecule has 1 amide bonds. The Morgan fingerprint density at radius 1 is 1.32 bits per heavy atom. The number of carbonyl (C=O) groups is 1. The molecule has 0 bridgehead atoms. The van der Waals surface area contributed by atoms with E-state index in [1.54, 1.807) is 0 Å². The predicted molar refractivity (Wildman–Crippen MR) is 75.9 cm³/mol. The molecule has 4 heteroatoms. The summed E-state index contributed by atoms with van der Waals surface area (Å²) >= 11 is 0. The molecule has 1 aliphatic heterocycles. The summed E-state index contributed by atoms with van der Waals surface area (Å²) in [5.74, 6) is 0.274. The smallest absolute Gasteiger partial charge is 0.228 e. The van der Waals surface area contributed by atoms with Gasteiger partial charge in [-0.3, -0.25) is 4.79 Å². The molecule has 2 rings (SSSR count). The summed E-state index contributed by atoms with van der Waals surface area (Å²) in [5.41, 5.74) is -0.188. The van der Waals surface area contributed by atoms with Crippen LogP contribution in [0.25, 0.3) is 0 Å². The summed E-state index contributed by atoms with van der Waals surface area (Å²) in [5, 5.41) is 9.90. The predicted octanol–water partition coefficient (Wildman–Crippen LogP) is 1.48. The van der Waals surface area contributed by atoms with Crippen LogP contribution in [0.2, 0.25) is 0 Å². The zero-order valence-corrected chi connectivity index (χ0v) is 12.6. The van der Waals surface area contributed by atoms with Crippen LogP contribution in [-0.4, -0.2) is 60.1 Å². The fraction of sp³-hybridized carbons (Fsp3) is 0.933. The molecule has 0 aromatic rings. The maximum Gasteiger partial charge on any atom is 0.228 e. The molecule has 19 heavy (non-hydrogen) atoms. The quantitative estimate of drug-likeness (QED) is 0.843. The first-order chi connectivity index (χ1) is 8.92. The van der Waals surface area contributed by atoms with Crippen LogP contribution in [-0.2, 0) is 4.79 Å². The molecule has 1 saturated heterocycles. The van der Waals surface area contributed by atoms with Gasteiger partial charge in [-0.1, -0.05) is 26.2 Å². The maximum atomic E-state index is 12.9. The summed E-state index contributed by atoms with van der Waals surface area (Å²) in [6.07, 6.45) is 5.97. The van der Waals surface area contributed by atoms with Gasteiger partial charge in [-0.05, 0) is 33.4 Å². The third-order valence-corrected chi connectivity index (χ3v) is 4.70. The molecule has 0 aromatic carbocycles. The molecule has 2 atom stereocenters. The molecule has 4 nitrogen and oxygen atoms in total. The standard InChI is InChI=1S/C15H28N2O2/c1-15(7-5-4-6-8-15)14(19)17-11-13(18)9-12(17)10-16(2)3/h12-13,18H,4-11H2,1-3H3. The third kappa shape index (κ3) is 3.29. The molecular formula is C15H28N2O2. The lowest BCUT2D eigenvalue weighted by atomic mass is 9.74. The van der Waals surface area contributed by atoms with Crippen LogP contribution in [0.5, 0.6) is 0 Å². The van der Waals surface area contributed by atoms with Gasteiger partial charge in [-0.15, -0.1) is 0 Å². The molecule has 2 aliphatic rings. The zero-order chi connectivity index (χ0) is 14.0. The van der Waals surface area contributed by atoms with Crippen molar-refractivity contribution in [2.45, 2.75) is 57.6 Å². The van der Waals surface area contributed by atoms with E-state index in [0.29, 0.717) is 6.54 Å². The molecule has 1 heterocycles. The minimum atomic E-state index is -0.346. The van der Waals surface area contributed by atoms with Crippen molar-refractivity contribution in [1.29, 1.82) is 0 Å². The van der Waals surface area contributed by atoms with Gasteiger partial charge in [0.05, 0.1) is 6.10 Å². The summed E-state index contributed by atoms with van der Waals surface area (Å²) in [7, 11) is 4.05. The van der Waals surface area contributed by atoms with Crippen LogP contribution in [0.1, 0.15) is 45.4 Å². The Balaban J connectivity index is 2.07. The van der Waals surface area contributed by atoms with E-state index in [1.807, 2.05) is 19.0 Å². The molecule has 1 aliphatic carbocycles. The first-order valence-corrected chi connectivity index (χ1v) is 7.56. The van der Waals surface area contributed by atoms with Gasteiger partial charge < -0.3 is 14.9 Å². The fourth-order valence-electron chi connectivity index (χ4n) is 3.63. The third-order valence-electron chi connectivity index (χ3n) is 4.70. The second-order valence-electron chi connectivity index (χ2n) is 6.88. The van der Waals surface area contributed by atoms with E-state index in [-0.39, 0.29) is 23.5 Å². The average Bonchev–Trinajstić information content (AvgIpc) is 2.69. The number of carbonyl (C=O) groups excluding carboxylic acids is 1. The number of hydrogen-bond acceptors (Lipinski definition) is 3. The second-order valence-corrected chi connectivity index (χ2v) is 6.88. The largest absolute Gasteiger partial charge is 0.391 e. The number of β-amino-alcohol motifs (C(OH)–C–C–N with tert-alkyl or cyclic N) is 1. The molecule has 2 fully saturated rings. The lowest BCUT2D eigenvalue weighted by molar-refractivity contribution is -0.144. The van der Waals surface area contributed by atoms with Crippen LogP contribution in [0.15, 0.2) is 0 Å². The molecule has 1 saturated carbocycles. The highest BCUT2D eigenvalue weighted by Gasteiger charge is 2.43. The van der Waals surface area contributed by atoms with Crippen molar-refractivity contribution in [3.05, 3.63) is 0 Å². The van der Waals surface area contributed by atoms with Crippen molar-refractivity contribution in [2.24, 2.45) is 5.41 Å². The van der Waals surface area contributed by atoms with Crippen molar-refractivity contribution >= 4 is 5.91 Å². The lowest BCUT2D eigenvalue weighted by Crippen LogP contribution is -2.48. The van der Waals surface area contributed by atoms with Crippen LogP contribution in [0.4, 0.5) is 0 Å². The number of likely N-dealkylation sites (N-methyl/N-ethyl adjacent to an activating group) is 1. The lowest BCUT2D eigenvalue weighted by Gasteiger charge is -2.38. The molecule has 0 spiro atoms. The van der Waals surface area contributed by atoms with Crippen LogP contribution in [0, 0.1) is 5.41 Å². The molecular weight excluding hydrogens is 240 g/mol. The van der Waals surface area contributed by atoms with Gasteiger partial charge in [-0.25, -0.2) is 0 Å². The Bertz CT molecular complexity index is 324. The number of likely N-dealkylation sites (tertiary alicyclic amines) is 1. The van der Waals surface area contributed by atoms with Crippen molar-refractivity contribution in [1.82, 2.24) is 9.80 Å². The summed E-state index contributed by atoms with van der Waals surface area (Å²) in [6.45, 7) is 3.48. The normalized spacial score (nSPS) is 30.9. The molecule has 0 radical (unpaired) electrons. The van der Waals surface area contributed by atoms with Crippen LogP contribution < -0.4 is 0 Å². The number of rotatable bonds is 3. The topological polar surface area (TPSA) is 43.8 Å². The van der Waals surface area contributed by atoms with Gasteiger partial charge in [0.2, 0.25) is 5.91 Å². The Kier molecular flexibility index (Phi) is 4.51. The average molecular weight is 268 g/mol. The maximum absolute atomic E-state index is 12.9. The highest BCUT2D eigenvalue weighted by Crippen LogP contribution is 2.39. The van der Waals surface area contributed by atoms with Gasteiger partial charge in [0.25, 0.3) is 0 Å². The van der Waals surface area contributed by atoms with Crippen molar-refractivity contribution < 1.29 is 9.90 Å². The molecule has 0 aromatic heterocycles. The first-order valence-electron chi connectivity index (χ1n) is 7.56. The molecule has 2 unspecified atom stereocenters. The van der Waals surface area contributed by atoms with Gasteiger partial charge in [0, 0.05) is 24.5 Å². The van der Waals surface area contributed by atoms with E-state index in [4.69, 9.17) is 0 Å².